The first-order valence-corrected chi connectivity index (χ1v) is 5.78. The van der Waals surface area contributed by atoms with Gasteiger partial charge in [-0.2, -0.15) is 0 Å². The lowest BCUT2D eigenvalue weighted by Crippen LogP contribution is -2.33. The van der Waals surface area contributed by atoms with E-state index >= 15 is 0 Å². The topological polar surface area (TPSA) is 67.6 Å². The van der Waals surface area contributed by atoms with Gasteiger partial charge in [-0.15, -0.1) is 0 Å². The van der Waals surface area contributed by atoms with E-state index in [0.29, 0.717) is 26.3 Å². The smallest absolute Gasteiger partial charge is 0.222 e. The molecular weight excluding hydrogens is 206 g/mol. The third-order valence-electron chi connectivity index (χ3n) is 2.28. The van der Waals surface area contributed by atoms with Crippen LogP contribution in [0.3, 0.4) is 0 Å². The molecule has 5 nitrogen and oxygen atoms in total. The van der Waals surface area contributed by atoms with Crippen molar-refractivity contribution < 1.29 is 9.53 Å². The van der Waals surface area contributed by atoms with E-state index in [-0.39, 0.29) is 11.8 Å². The number of ether oxygens (including phenoxy) is 1. The molecule has 0 aliphatic heterocycles. The lowest BCUT2D eigenvalue weighted by molar-refractivity contribution is -0.124. The Bertz CT molecular complexity index is 186. The summed E-state index contributed by atoms with van der Waals surface area (Å²) in [4.78, 5) is 13.5. The largest absolute Gasteiger partial charge is 0.378 e. The fourth-order valence-corrected chi connectivity index (χ4v) is 1.15. The minimum absolute atomic E-state index is 0.00762. The highest BCUT2D eigenvalue weighted by atomic mass is 16.5. The monoisotopic (exact) mass is 231 g/mol. The van der Waals surface area contributed by atoms with Gasteiger partial charge in [-0.1, -0.05) is 6.92 Å². The van der Waals surface area contributed by atoms with Gasteiger partial charge in [-0.25, -0.2) is 0 Å². The van der Waals surface area contributed by atoms with Gasteiger partial charge in [0.1, 0.15) is 0 Å². The van der Waals surface area contributed by atoms with Gasteiger partial charge in [-0.05, 0) is 27.1 Å². The molecule has 5 heteroatoms. The molecule has 3 N–H and O–H groups in total. The zero-order chi connectivity index (χ0) is 12.4. The fourth-order valence-electron chi connectivity index (χ4n) is 1.15. The van der Waals surface area contributed by atoms with E-state index in [4.69, 9.17) is 10.5 Å². The first kappa shape index (κ1) is 15.3. The van der Waals surface area contributed by atoms with E-state index in [1.54, 1.807) is 0 Å². The number of nitrogens with zero attached hydrogens (tertiary/aromatic N) is 1. The van der Waals surface area contributed by atoms with E-state index < -0.39 is 0 Å². The van der Waals surface area contributed by atoms with Crippen molar-refractivity contribution in [2.24, 2.45) is 11.7 Å². The molecule has 0 fully saturated rings. The van der Waals surface area contributed by atoms with Crippen LogP contribution >= 0.6 is 0 Å². The highest BCUT2D eigenvalue weighted by molar-refractivity contribution is 5.78. The van der Waals surface area contributed by atoms with Crippen LogP contribution in [0.15, 0.2) is 0 Å². The molecule has 96 valence electrons. The minimum Gasteiger partial charge on any atom is -0.378 e. The second-order valence-electron chi connectivity index (χ2n) is 4.19. The van der Waals surface area contributed by atoms with Crippen LogP contribution in [0.4, 0.5) is 0 Å². The highest BCUT2D eigenvalue weighted by Gasteiger charge is 2.10. The summed E-state index contributed by atoms with van der Waals surface area (Å²) >= 11 is 0. The van der Waals surface area contributed by atoms with E-state index in [0.717, 1.165) is 13.0 Å². The van der Waals surface area contributed by atoms with Crippen LogP contribution in [0.2, 0.25) is 0 Å². The molecule has 0 saturated carbocycles. The van der Waals surface area contributed by atoms with Gasteiger partial charge < -0.3 is 20.7 Å². The Kier molecular flexibility index (Phi) is 9.18. The molecule has 0 aromatic heterocycles. The molecule has 0 aliphatic rings. The lowest BCUT2D eigenvalue weighted by atomic mass is 10.1. The number of nitrogens with two attached hydrogens (primary N) is 1. The average molecular weight is 231 g/mol. The number of hydrogen-bond acceptors (Lipinski definition) is 4. The quantitative estimate of drug-likeness (QED) is 0.533. The number of hydrogen-bond donors (Lipinski definition) is 2. The summed E-state index contributed by atoms with van der Waals surface area (Å²) in [6.45, 7) is 5.16. The molecule has 0 radical (unpaired) electrons. The van der Waals surface area contributed by atoms with E-state index in [1.807, 2.05) is 21.0 Å². The summed E-state index contributed by atoms with van der Waals surface area (Å²) in [6, 6.07) is 0. The van der Waals surface area contributed by atoms with Gasteiger partial charge >= 0.3 is 0 Å². The second kappa shape index (κ2) is 9.57. The van der Waals surface area contributed by atoms with Crippen molar-refractivity contribution in [2.75, 3.05) is 46.9 Å². The fraction of sp³-hybridized carbons (Fsp3) is 0.909. The van der Waals surface area contributed by atoms with Crippen LogP contribution in [0.5, 0.6) is 0 Å². The summed E-state index contributed by atoms with van der Waals surface area (Å²) in [7, 11) is 4.00. The van der Waals surface area contributed by atoms with Gasteiger partial charge in [-0.3, -0.25) is 4.79 Å². The highest BCUT2D eigenvalue weighted by Crippen LogP contribution is 1.98. The maximum absolute atomic E-state index is 11.4. The van der Waals surface area contributed by atoms with Crippen LogP contribution in [0.25, 0.3) is 0 Å². The van der Waals surface area contributed by atoms with Crippen molar-refractivity contribution in [2.45, 2.75) is 13.3 Å². The Morgan fingerprint density at radius 1 is 1.44 bits per heavy atom. The molecule has 16 heavy (non-hydrogen) atoms. The van der Waals surface area contributed by atoms with Crippen LogP contribution in [0.1, 0.15) is 13.3 Å². The summed E-state index contributed by atoms with van der Waals surface area (Å²) in [6.07, 6.45) is 0.729. The normalized spacial score (nSPS) is 12.8. The Morgan fingerprint density at radius 2 is 2.12 bits per heavy atom. The first-order valence-electron chi connectivity index (χ1n) is 5.78. The number of nitrogens with one attached hydrogen (secondary N) is 1. The summed E-state index contributed by atoms with van der Waals surface area (Å²) in [5, 5.41) is 2.82. The van der Waals surface area contributed by atoms with Crippen molar-refractivity contribution in [3.63, 3.8) is 0 Å². The van der Waals surface area contributed by atoms with Crippen LogP contribution < -0.4 is 11.1 Å². The minimum atomic E-state index is -0.00762. The zero-order valence-electron chi connectivity index (χ0n) is 10.7. The summed E-state index contributed by atoms with van der Waals surface area (Å²) in [5.41, 5.74) is 5.38. The van der Waals surface area contributed by atoms with Crippen molar-refractivity contribution in [3.05, 3.63) is 0 Å². The standard InChI is InChI=1S/C11H25N3O2/c1-10(4-5-12)11(15)13-6-8-16-9-7-14(2)3/h10H,4-9,12H2,1-3H3,(H,13,15). The first-order chi connectivity index (χ1) is 7.57. The number of carbonyl (C=O) groups is 1. The molecule has 0 spiro atoms. The Hall–Kier alpha value is -0.650. The Labute approximate surface area is 98.3 Å². The molecule has 1 unspecified atom stereocenters. The summed E-state index contributed by atoms with van der Waals surface area (Å²) < 4.78 is 5.35. The molecule has 0 rings (SSSR count). The number of amides is 1. The van der Waals surface area contributed by atoms with Crippen LogP contribution in [-0.4, -0.2) is 57.8 Å². The molecule has 0 bridgehead atoms. The SMILES string of the molecule is CC(CCN)C(=O)NCCOCCN(C)C. The van der Waals surface area contributed by atoms with Crippen LogP contribution in [0, 0.1) is 5.92 Å². The van der Waals surface area contributed by atoms with Crippen molar-refractivity contribution >= 4 is 5.91 Å². The molecule has 0 saturated heterocycles. The molecule has 0 heterocycles. The predicted octanol–water partition coefficient (Wildman–Crippen LogP) is -0.334. The van der Waals surface area contributed by atoms with Crippen molar-refractivity contribution in [3.8, 4) is 0 Å². The van der Waals surface area contributed by atoms with Crippen molar-refractivity contribution in [1.29, 1.82) is 0 Å². The zero-order valence-corrected chi connectivity index (χ0v) is 10.7. The maximum atomic E-state index is 11.4. The molecule has 1 amide bonds. The van der Waals surface area contributed by atoms with Gasteiger partial charge in [0.2, 0.25) is 5.91 Å². The van der Waals surface area contributed by atoms with Gasteiger partial charge in [0.05, 0.1) is 13.2 Å². The van der Waals surface area contributed by atoms with Gasteiger partial charge in [0.25, 0.3) is 0 Å². The molecule has 0 aliphatic carbocycles. The van der Waals surface area contributed by atoms with E-state index in [9.17, 15) is 4.79 Å². The van der Waals surface area contributed by atoms with Gasteiger partial charge in [0.15, 0.2) is 0 Å². The average Bonchev–Trinajstić information content (AvgIpc) is 2.22. The third kappa shape index (κ3) is 8.64. The third-order valence-corrected chi connectivity index (χ3v) is 2.28. The molecule has 0 aromatic carbocycles. The second-order valence-corrected chi connectivity index (χ2v) is 4.19. The van der Waals surface area contributed by atoms with Crippen LogP contribution in [-0.2, 0) is 9.53 Å². The van der Waals surface area contributed by atoms with E-state index in [2.05, 4.69) is 10.2 Å². The predicted molar refractivity (Wildman–Crippen MR) is 65.2 cm³/mol. The summed E-state index contributed by atoms with van der Waals surface area (Å²) in [5.74, 6) is 0.0495. The Morgan fingerprint density at radius 3 is 2.69 bits per heavy atom. The molecule has 1 atom stereocenters. The molecule has 0 aromatic rings. The molecular formula is C11H25N3O2. The maximum Gasteiger partial charge on any atom is 0.222 e. The number of likely N-dealkylation sites (N-methyl/N-ethyl adjacent to an activating group) is 1. The lowest BCUT2D eigenvalue weighted by Gasteiger charge is -2.12. The van der Waals surface area contributed by atoms with Crippen molar-refractivity contribution in [1.82, 2.24) is 10.2 Å². The van der Waals surface area contributed by atoms with Gasteiger partial charge in [0, 0.05) is 19.0 Å². The number of carbonyl (C=O) groups excluding carboxylic acids is 1. The number of rotatable bonds is 9. The van der Waals surface area contributed by atoms with E-state index in [1.165, 1.54) is 0 Å². The Balaban J connectivity index is 3.34.